The van der Waals surface area contributed by atoms with Crippen molar-refractivity contribution in [3.8, 4) is 0 Å². The molecule has 0 fully saturated rings. The van der Waals surface area contributed by atoms with Gasteiger partial charge in [0.05, 0.1) is 16.2 Å². The lowest BCUT2D eigenvalue weighted by Gasteiger charge is -2.11. The highest BCUT2D eigenvalue weighted by Crippen LogP contribution is 2.43. The third-order valence-electron chi connectivity index (χ3n) is 4.28. The number of benzene rings is 1. The van der Waals surface area contributed by atoms with Crippen LogP contribution in [0.1, 0.15) is 30.7 Å². The second-order valence-corrected chi connectivity index (χ2v) is 9.18. The Bertz CT molecular complexity index is 1030. The fourth-order valence-electron chi connectivity index (χ4n) is 2.99. The van der Waals surface area contributed by atoms with Crippen LogP contribution in [0.5, 0.6) is 0 Å². The first kappa shape index (κ1) is 19.4. The van der Waals surface area contributed by atoms with E-state index in [9.17, 15) is 21.6 Å². The zero-order valence-corrected chi connectivity index (χ0v) is 15.8. The van der Waals surface area contributed by atoms with E-state index in [1.807, 2.05) is 26.0 Å². The Hall–Kier alpha value is -2.41. The second kappa shape index (κ2) is 6.34. The molecule has 0 bridgehead atoms. The summed E-state index contributed by atoms with van der Waals surface area (Å²) in [5.74, 6) is 0. The van der Waals surface area contributed by atoms with Crippen LogP contribution in [-0.2, 0) is 16.0 Å². The van der Waals surface area contributed by atoms with E-state index in [1.165, 1.54) is 18.2 Å². The monoisotopic (exact) mass is 393 g/mol. The molecule has 0 unspecified atom stereocenters. The van der Waals surface area contributed by atoms with Crippen LogP contribution in [0, 0.1) is 5.41 Å². The fourth-order valence-corrected chi connectivity index (χ4v) is 3.62. The molecule has 0 radical (unpaired) electrons. The first-order valence-electron chi connectivity index (χ1n) is 8.17. The van der Waals surface area contributed by atoms with Crippen LogP contribution in [0.3, 0.4) is 0 Å². The first-order valence-corrected chi connectivity index (χ1v) is 10.1. The summed E-state index contributed by atoms with van der Waals surface area (Å²) in [7, 11) is -3.30. The minimum absolute atomic E-state index is 0.210. The molecule has 142 valence electrons. The molecule has 0 N–H and O–H groups in total. The van der Waals surface area contributed by atoms with Crippen LogP contribution in [0.25, 0.3) is 11.1 Å². The number of rotatable bonds is 3. The second-order valence-electron chi connectivity index (χ2n) is 7.16. The third-order valence-corrected chi connectivity index (χ3v) is 5.41. The van der Waals surface area contributed by atoms with Crippen molar-refractivity contribution < 1.29 is 21.6 Å². The first-order chi connectivity index (χ1) is 12.4. The van der Waals surface area contributed by atoms with Crippen molar-refractivity contribution in [3.05, 3.63) is 71.6 Å². The van der Waals surface area contributed by atoms with E-state index in [2.05, 4.69) is 4.98 Å². The van der Waals surface area contributed by atoms with E-state index >= 15 is 0 Å². The van der Waals surface area contributed by atoms with Gasteiger partial charge in [0.15, 0.2) is 9.84 Å². The summed E-state index contributed by atoms with van der Waals surface area (Å²) in [5, 5.41) is 0. The molecule has 1 aromatic heterocycles. The van der Waals surface area contributed by atoms with E-state index in [-0.39, 0.29) is 10.3 Å². The van der Waals surface area contributed by atoms with Gasteiger partial charge in [-0.3, -0.25) is 4.98 Å². The van der Waals surface area contributed by atoms with Gasteiger partial charge < -0.3 is 0 Å². The molecule has 0 atom stereocenters. The van der Waals surface area contributed by atoms with Gasteiger partial charge in [-0.15, -0.1) is 0 Å². The van der Waals surface area contributed by atoms with Crippen molar-refractivity contribution in [1.82, 2.24) is 4.98 Å². The van der Waals surface area contributed by atoms with Crippen LogP contribution in [0.4, 0.5) is 13.2 Å². The number of hydrogen-bond donors (Lipinski definition) is 0. The Balaban J connectivity index is 2.01. The summed E-state index contributed by atoms with van der Waals surface area (Å²) in [5.41, 5.74) is 1.65. The van der Waals surface area contributed by atoms with Crippen LogP contribution in [0.2, 0.25) is 0 Å². The Morgan fingerprint density at radius 3 is 2.00 bits per heavy atom. The molecule has 2 aromatic rings. The quantitative estimate of drug-likeness (QED) is 0.736. The summed E-state index contributed by atoms with van der Waals surface area (Å²) < 4.78 is 61.6. The molecule has 7 heteroatoms. The lowest BCUT2D eigenvalue weighted by molar-refractivity contribution is -0.137. The number of aromatic nitrogens is 1. The van der Waals surface area contributed by atoms with E-state index < -0.39 is 21.6 Å². The zero-order valence-electron chi connectivity index (χ0n) is 15.0. The topological polar surface area (TPSA) is 47.0 Å². The summed E-state index contributed by atoms with van der Waals surface area (Å²) in [6, 6.07) is 8.81. The number of hydrogen-bond acceptors (Lipinski definition) is 3. The average molecular weight is 393 g/mol. The Labute approximate surface area is 156 Å². The number of nitrogens with zero attached hydrogens (tertiary/aromatic N) is 1. The molecule has 0 amide bonds. The lowest BCUT2D eigenvalue weighted by atomic mass is 9.95. The fraction of sp³-hybridized carbons (Fsp3) is 0.250. The number of sulfone groups is 1. The number of pyridine rings is 1. The molecule has 3 nitrogen and oxygen atoms in total. The highest BCUT2D eigenvalue weighted by molar-refractivity contribution is 7.90. The maximum absolute atomic E-state index is 12.8. The number of halogens is 3. The molecule has 1 heterocycles. The normalized spacial score (nSPS) is 16.8. The van der Waals surface area contributed by atoms with Crippen molar-refractivity contribution in [2.24, 2.45) is 5.41 Å². The van der Waals surface area contributed by atoms with Crippen molar-refractivity contribution in [3.63, 3.8) is 0 Å². The van der Waals surface area contributed by atoms with Gasteiger partial charge in [0.25, 0.3) is 0 Å². The Kier molecular flexibility index (Phi) is 4.54. The smallest absolute Gasteiger partial charge is 0.256 e. The molecule has 0 saturated heterocycles. The number of allylic oxidation sites excluding steroid dienone is 4. The predicted octanol–water partition coefficient (Wildman–Crippen LogP) is 5.01. The molecule has 0 spiro atoms. The molecular formula is C20H18F3NO2S. The molecule has 27 heavy (non-hydrogen) atoms. The number of alkyl halides is 3. The maximum atomic E-state index is 12.8. The van der Waals surface area contributed by atoms with E-state index in [0.29, 0.717) is 5.69 Å². The minimum Gasteiger partial charge on any atom is -0.256 e. The molecule has 1 aliphatic rings. The summed E-state index contributed by atoms with van der Waals surface area (Å²) >= 11 is 0. The molecule has 3 rings (SSSR count). The van der Waals surface area contributed by atoms with Crippen molar-refractivity contribution >= 4 is 21.0 Å². The molecule has 0 aliphatic heterocycles. The van der Waals surface area contributed by atoms with Crippen LogP contribution in [0.15, 0.2) is 59.6 Å². The van der Waals surface area contributed by atoms with Crippen LogP contribution in [-0.4, -0.2) is 19.7 Å². The highest BCUT2D eigenvalue weighted by Gasteiger charge is 2.31. The third kappa shape index (κ3) is 4.13. The lowest BCUT2D eigenvalue weighted by Crippen LogP contribution is -2.06. The standard InChI is InChI=1S/C20H18F3NO2S/c1-19(2)10-16(13-4-7-15(8-5-13)27(3,25)26)17(11-19)18-9-6-14(12-24-18)20(21,22)23/h4-12H,1-3H3. The molecule has 1 aromatic carbocycles. The Morgan fingerprint density at radius 1 is 0.926 bits per heavy atom. The van der Waals surface area contributed by atoms with Gasteiger partial charge in [-0.05, 0) is 35.4 Å². The van der Waals surface area contributed by atoms with Crippen LogP contribution < -0.4 is 0 Å². The summed E-state index contributed by atoms with van der Waals surface area (Å²) in [4.78, 5) is 4.21. The Morgan fingerprint density at radius 2 is 1.52 bits per heavy atom. The van der Waals surface area contributed by atoms with Gasteiger partial charge in [0.2, 0.25) is 0 Å². The molecule has 1 aliphatic carbocycles. The summed E-state index contributed by atoms with van der Waals surface area (Å²) in [6.45, 7) is 3.96. The average Bonchev–Trinajstić information content (AvgIpc) is 2.89. The van der Waals surface area contributed by atoms with Gasteiger partial charge in [-0.2, -0.15) is 13.2 Å². The van der Waals surface area contributed by atoms with Gasteiger partial charge in [-0.1, -0.05) is 38.1 Å². The molecule has 0 saturated carbocycles. The minimum atomic E-state index is -4.44. The largest absolute Gasteiger partial charge is 0.417 e. The predicted molar refractivity (Wildman–Crippen MR) is 98.5 cm³/mol. The van der Waals surface area contributed by atoms with Crippen molar-refractivity contribution in [2.75, 3.05) is 6.26 Å². The van der Waals surface area contributed by atoms with Gasteiger partial charge in [0, 0.05) is 23.4 Å². The van der Waals surface area contributed by atoms with Crippen LogP contribution >= 0.6 is 0 Å². The highest BCUT2D eigenvalue weighted by atomic mass is 32.2. The van der Waals surface area contributed by atoms with Gasteiger partial charge in [-0.25, -0.2) is 8.42 Å². The van der Waals surface area contributed by atoms with Crippen molar-refractivity contribution in [1.29, 1.82) is 0 Å². The van der Waals surface area contributed by atoms with E-state index in [4.69, 9.17) is 0 Å². The van der Waals surface area contributed by atoms with E-state index in [1.54, 1.807) is 12.1 Å². The van der Waals surface area contributed by atoms with Crippen molar-refractivity contribution in [2.45, 2.75) is 24.9 Å². The maximum Gasteiger partial charge on any atom is 0.417 e. The van der Waals surface area contributed by atoms with E-state index in [0.717, 1.165) is 35.2 Å². The summed E-state index contributed by atoms with van der Waals surface area (Å²) in [6.07, 6.45) is 1.47. The van der Waals surface area contributed by atoms with Gasteiger partial charge in [0.1, 0.15) is 0 Å². The molecular weight excluding hydrogens is 375 g/mol. The zero-order chi connectivity index (χ0) is 20.0. The van der Waals surface area contributed by atoms with Gasteiger partial charge >= 0.3 is 6.18 Å². The SMILES string of the molecule is CC1(C)C=C(c2ccc(S(C)(=O)=O)cc2)C(c2ccc(C(F)(F)F)cn2)=C1.